The third-order valence-electron chi connectivity index (χ3n) is 5.34. The number of carbonyl (C=O) groups is 1. The second kappa shape index (κ2) is 10.6. The van der Waals surface area contributed by atoms with Gasteiger partial charge in [-0.25, -0.2) is 8.42 Å². The van der Waals surface area contributed by atoms with Gasteiger partial charge in [-0.05, 0) is 25.5 Å². The maximum Gasteiger partial charge on any atom is 0.266 e. The molecule has 12 heteroatoms. The first-order chi connectivity index (χ1) is 16.3. The van der Waals surface area contributed by atoms with Crippen LogP contribution in [-0.4, -0.2) is 75.1 Å². The van der Waals surface area contributed by atoms with Gasteiger partial charge in [0, 0.05) is 39.4 Å². The molecule has 3 heterocycles. The van der Waals surface area contributed by atoms with Crippen molar-refractivity contribution in [2.75, 3.05) is 51.5 Å². The number of rotatable bonds is 8. The molecule has 0 saturated carbocycles. The molecule has 0 spiro atoms. The van der Waals surface area contributed by atoms with E-state index in [0.717, 1.165) is 17.3 Å². The van der Waals surface area contributed by atoms with Crippen LogP contribution in [0.1, 0.15) is 17.9 Å². The molecule has 182 valence electrons. The highest BCUT2D eigenvalue weighted by Gasteiger charge is 2.34. The number of aryl methyl sites for hydroxylation is 1. The SMILES string of the molecule is COCCCN1C(=O)C(=Cc2nc(S(=O)(=O)c3ccc(C)cc3)c(N3CCOCC3)o2)SC1=S. The number of oxazole rings is 1. The van der Waals surface area contributed by atoms with E-state index in [1.807, 2.05) is 6.92 Å². The van der Waals surface area contributed by atoms with Crippen molar-refractivity contribution in [3.63, 3.8) is 0 Å². The zero-order valence-electron chi connectivity index (χ0n) is 18.9. The minimum absolute atomic E-state index is 0.0320. The Balaban J connectivity index is 1.69. The summed E-state index contributed by atoms with van der Waals surface area (Å²) in [7, 11) is -2.36. The quantitative estimate of drug-likeness (QED) is 0.292. The fraction of sp³-hybridized carbons (Fsp3) is 0.409. The van der Waals surface area contributed by atoms with Gasteiger partial charge < -0.3 is 18.8 Å². The highest BCUT2D eigenvalue weighted by atomic mass is 32.2. The first-order valence-corrected chi connectivity index (χ1v) is 13.4. The Bertz CT molecular complexity index is 1200. The number of ether oxygens (including phenoxy) is 2. The number of morpholine rings is 1. The van der Waals surface area contributed by atoms with E-state index in [-0.39, 0.29) is 27.6 Å². The van der Waals surface area contributed by atoms with Crippen LogP contribution in [0.15, 0.2) is 43.5 Å². The van der Waals surface area contributed by atoms with Crippen LogP contribution >= 0.6 is 24.0 Å². The monoisotopic (exact) mass is 523 g/mol. The minimum Gasteiger partial charge on any atom is -0.420 e. The molecule has 4 rings (SSSR count). The van der Waals surface area contributed by atoms with Crippen molar-refractivity contribution < 1.29 is 27.1 Å². The normalized spacial score (nSPS) is 18.4. The molecule has 34 heavy (non-hydrogen) atoms. The predicted molar refractivity (Wildman–Crippen MR) is 133 cm³/mol. The number of thiocarbonyl (C=S) groups is 1. The number of hydrogen-bond donors (Lipinski definition) is 0. The topological polar surface area (TPSA) is 102 Å². The molecule has 0 N–H and O–H groups in total. The summed E-state index contributed by atoms with van der Waals surface area (Å²) < 4.78 is 43.7. The van der Waals surface area contributed by atoms with Crippen LogP contribution in [0.2, 0.25) is 0 Å². The Kier molecular flexibility index (Phi) is 7.73. The second-order valence-corrected chi connectivity index (χ2v) is 11.3. The van der Waals surface area contributed by atoms with E-state index in [1.165, 1.54) is 11.0 Å². The van der Waals surface area contributed by atoms with Gasteiger partial charge in [0.05, 0.1) is 23.0 Å². The summed E-state index contributed by atoms with van der Waals surface area (Å²) >= 11 is 6.48. The fourth-order valence-electron chi connectivity index (χ4n) is 3.52. The number of amides is 1. The summed E-state index contributed by atoms with van der Waals surface area (Å²) in [6, 6.07) is 6.56. The summed E-state index contributed by atoms with van der Waals surface area (Å²) in [6.07, 6.45) is 2.10. The Labute approximate surface area is 208 Å². The fourth-order valence-corrected chi connectivity index (χ4v) is 6.12. The number of benzene rings is 1. The molecule has 0 unspecified atom stereocenters. The average Bonchev–Trinajstić information content (AvgIpc) is 3.37. The van der Waals surface area contributed by atoms with E-state index >= 15 is 0 Å². The molecule has 1 aromatic heterocycles. The summed E-state index contributed by atoms with van der Waals surface area (Å²) in [5, 5.41) is -0.180. The molecule has 0 atom stereocenters. The Morgan fingerprint density at radius 3 is 2.62 bits per heavy atom. The maximum absolute atomic E-state index is 13.5. The molecular formula is C22H25N3O6S3. The summed E-state index contributed by atoms with van der Waals surface area (Å²) in [6.45, 7) is 4.65. The molecule has 1 amide bonds. The molecule has 0 radical (unpaired) electrons. The molecule has 2 aliphatic heterocycles. The van der Waals surface area contributed by atoms with Crippen molar-refractivity contribution in [1.29, 1.82) is 0 Å². The number of hydrogen-bond acceptors (Lipinski definition) is 10. The number of thioether (sulfide) groups is 1. The van der Waals surface area contributed by atoms with E-state index in [4.69, 9.17) is 26.1 Å². The van der Waals surface area contributed by atoms with Crippen LogP contribution in [0.3, 0.4) is 0 Å². The van der Waals surface area contributed by atoms with Crippen molar-refractivity contribution >= 4 is 56.0 Å². The number of nitrogens with zero attached hydrogens (tertiary/aromatic N) is 3. The Morgan fingerprint density at radius 1 is 1.24 bits per heavy atom. The maximum atomic E-state index is 13.5. The van der Waals surface area contributed by atoms with Gasteiger partial charge in [0.1, 0.15) is 4.32 Å². The van der Waals surface area contributed by atoms with E-state index in [2.05, 4.69) is 4.98 Å². The largest absolute Gasteiger partial charge is 0.420 e. The van der Waals surface area contributed by atoms with Crippen molar-refractivity contribution in [2.24, 2.45) is 0 Å². The van der Waals surface area contributed by atoms with E-state index in [9.17, 15) is 13.2 Å². The van der Waals surface area contributed by atoms with Gasteiger partial charge in [-0.2, -0.15) is 4.98 Å². The number of carbonyl (C=O) groups excluding carboxylic acids is 1. The highest BCUT2D eigenvalue weighted by molar-refractivity contribution is 8.26. The van der Waals surface area contributed by atoms with E-state index in [1.54, 1.807) is 36.3 Å². The molecule has 2 saturated heterocycles. The molecule has 2 aromatic rings. The van der Waals surface area contributed by atoms with Crippen molar-refractivity contribution in [3.8, 4) is 0 Å². The average molecular weight is 524 g/mol. The number of methoxy groups -OCH3 is 1. The number of anilines is 1. The molecule has 0 bridgehead atoms. The van der Waals surface area contributed by atoms with Crippen LogP contribution in [0.5, 0.6) is 0 Å². The molecule has 0 aliphatic carbocycles. The second-order valence-electron chi connectivity index (χ2n) is 7.76. The van der Waals surface area contributed by atoms with Gasteiger partial charge in [-0.15, -0.1) is 0 Å². The lowest BCUT2D eigenvalue weighted by atomic mass is 10.2. The van der Waals surface area contributed by atoms with Gasteiger partial charge >= 0.3 is 0 Å². The van der Waals surface area contributed by atoms with Crippen molar-refractivity contribution in [2.45, 2.75) is 23.3 Å². The zero-order valence-corrected chi connectivity index (χ0v) is 21.3. The molecule has 1 aromatic carbocycles. The van der Waals surface area contributed by atoms with Crippen LogP contribution < -0.4 is 4.90 Å². The summed E-state index contributed by atoms with van der Waals surface area (Å²) in [5.74, 6) is -0.0876. The van der Waals surface area contributed by atoms with Gasteiger partial charge in [-0.3, -0.25) is 9.69 Å². The minimum atomic E-state index is -3.96. The highest BCUT2D eigenvalue weighted by Crippen LogP contribution is 2.36. The van der Waals surface area contributed by atoms with Crippen LogP contribution in [0.4, 0.5) is 5.88 Å². The lowest BCUT2D eigenvalue weighted by Gasteiger charge is -2.26. The van der Waals surface area contributed by atoms with Crippen LogP contribution in [0, 0.1) is 6.92 Å². The molecule has 2 aliphatic rings. The van der Waals surface area contributed by atoms with Crippen molar-refractivity contribution in [1.82, 2.24) is 9.88 Å². The van der Waals surface area contributed by atoms with Crippen LogP contribution in [0.25, 0.3) is 6.08 Å². The summed E-state index contributed by atoms with van der Waals surface area (Å²) in [4.78, 5) is 20.9. The molecular weight excluding hydrogens is 498 g/mol. The van der Waals surface area contributed by atoms with Gasteiger partial charge in [-0.1, -0.05) is 41.7 Å². The van der Waals surface area contributed by atoms with Gasteiger partial charge in [0.25, 0.3) is 5.91 Å². The third kappa shape index (κ3) is 5.20. The first-order valence-electron chi connectivity index (χ1n) is 10.7. The lowest BCUT2D eigenvalue weighted by Crippen LogP contribution is -2.36. The number of aromatic nitrogens is 1. The summed E-state index contributed by atoms with van der Waals surface area (Å²) in [5.41, 5.74) is 0.945. The number of sulfone groups is 1. The standard InChI is InChI=1S/C22H25N3O6S3/c1-15-4-6-16(7-5-15)34(27,28)19-21(24-9-12-30-13-10-24)31-18(23-19)14-17-20(26)25(22(32)33-17)8-3-11-29-2/h4-7,14H,3,8-13H2,1-2H3. The van der Waals surface area contributed by atoms with Crippen molar-refractivity contribution in [3.05, 3.63) is 40.6 Å². The lowest BCUT2D eigenvalue weighted by molar-refractivity contribution is -0.122. The molecule has 2 fully saturated rings. The van der Waals surface area contributed by atoms with Gasteiger partial charge in [0.2, 0.25) is 26.6 Å². The third-order valence-corrected chi connectivity index (χ3v) is 8.38. The zero-order chi connectivity index (χ0) is 24.3. The smallest absolute Gasteiger partial charge is 0.266 e. The Morgan fingerprint density at radius 2 is 1.94 bits per heavy atom. The van der Waals surface area contributed by atoms with E-state index < -0.39 is 9.84 Å². The van der Waals surface area contributed by atoms with Gasteiger partial charge in [0.15, 0.2) is 0 Å². The first kappa shape index (κ1) is 24.9. The molecule has 9 nitrogen and oxygen atoms in total. The predicted octanol–water partition coefficient (Wildman–Crippen LogP) is 2.89. The van der Waals surface area contributed by atoms with Crippen LogP contribution in [-0.2, 0) is 24.1 Å². The van der Waals surface area contributed by atoms with E-state index in [0.29, 0.717) is 55.1 Å². The Hall–Kier alpha value is -2.25.